The third-order valence-electron chi connectivity index (χ3n) is 4.76. The molecule has 1 aromatic carbocycles. The van der Waals surface area contributed by atoms with Gasteiger partial charge in [-0.05, 0) is 44.1 Å². The fourth-order valence-corrected chi connectivity index (χ4v) is 3.72. The zero-order valence-electron chi connectivity index (χ0n) is 12.7. The van der Waals surface area contributed by atoms with E-state index in [9.17, 15) is 9.59 Å². The number of hydrogen-bond donors (Lipinski definition) is 1. The lowest BCUT2D eigenvalue weighted by Crippen LogP contribution is -2.62. The minimum Gasteiger partial charge on any atom is -0.369 e. The Morgan fingerprint density at radius 2 is 1.78 bits per heavy atom. The minimum atomic E-state index is -0.201. The van der Waals surface area contributed by atoms with Crippen molar-refractivity contribution in [2.24, 2.45) is 11.7 Å². The molecule has 2 N–H and O–H groups in total. The van der Waals surface area contributed by atoms with Crippen molar-refractivity contribution in [2.45, 2.75) is 18.9 Å². The zero-order valence-corrected chi connectivity index (χ0v) is 14.2. The Bertz CT molecular complexity index is 624. The lowest BCUT2D eigenvalue weighted by Gasteiger charge is -2.47. The number of halogens is 2. The smallest absolute Gasteiger partial charge is 0.255 e. The predicted octanol–water partition coefficient (Wildman–Crippen LogP) is 2.02. The van der Waals surface area contributed by atoms with E-state index in [1.165, 1.54) is 0 Å². The molecule has 2 saturated heterocycles. The van der Waals surface area contributed by atoms with Crippen molar-refractivity contribution in [3.8, 4) is 0 Å². The summed E-state index contributed by atoms with van der Waals surface area (Å²) in [6, 6.07) is 5.28. The third kappa shape index (κ3) is 3.47. The topological polar surface area (TPSA) is 66.6 Å². The molecule has 5 nitrogen and oxygen atoms in total. The summed E-state index contributed by atoms with van der Waals surface area (Å²) in [4.78, 5) is 27.8. The maximum atomic E-state index is 12.4. The molecule has 124 valence electrons. The highest BCUT2D eigenvalue weighted by molar-refractivity contribution is 6.36. The van der Waals surface area contributed by atoms with Gasteiger partial charge in [-0.3, -0.25) is 14.5 Å². The molecule has 2 heterocycles. The van der Waals surface area contributed by atoms with Crippen LogP contribution in [-0.2, 0) is 4.79 Å². The maximum Gasteiger partial charge on any atom is 0.255 e. The van der Waals surface area contributed by atoms with E-state index in [-0.39, 0.29) is 17.7 Å². The van der Waals surface area contributed by atoms with Gasteiger partial charge in [-0.15, -0.1) is 0 Å². The Hall–Kier alpha value is -1.30. The van der Waals surface area contributed by atoms with Crippen molar-refractivity contribution >= 4 is 35.0 Å². The zero-order chi connectivity index (χ0) is 16.6. The van der Waals surface area contributed by atoms with E-state index < -0.39 is 0 Å². The number of primary amides is 1. The standard InChI is InChI=1S/C16H19Cl2N3O2/c17-11-1-2-13(14(18)7-11)16(23)21-8-12(9-21)20-5-3-10(4-6-20)15(19)22/h1-2,7,10,12H,3-6,8-9H2,(H2,19,22). The molecule has 1 aromatic rings. The van der Waals surface area contributed by atoms with Gasteiger partial charge in [0.2, 0.25) is 5.91 Å². The highest BCUT2D eigenvalue weighted by Gasteiger charge is 2.37. The molecule has 0 aromatic heterocycles. The van der Waals surface area contributed by atoms with Crippen LogP contribution in [0.5, 0.6) is 0 Å². The van der Waals surface area contributed by atoms with Crippen molar-refractivity contribution < 1.29 is 9.59 Å². The predicted molar refractivity (Wildman–Crippen MR) is 89.6 cm³/mol. The monoisotopic (exact) mass is 355 g/mol. The fourth-order valence-electron chi connectivity index (χ4n) is 3.23. The van der Waals surface area contributed by atoms with E-state index in [4.69, 9.17) is 28.9 Å². The van der Waals surface area contributed by atoms with Crippen LogP contribution < -0.4 is 5.73 Å². The van der Waals surface area contributed by atoms with Gasteiger partial charge >= 0.3 is 0 Å². The molecular formula is C16H19Cl2N3O2. The molecule has 0 atom stereocenters. The molecule has 0 radical (unpaired) electrons. The summed E-state index contributed by atoms with van der Waals surface area (Å²) >= 11 is 12.0. The summed E-state index contributed by atoms with van der Waals surface area (Å²) in [6.45, 7) is 3.11. The van der Waals surface area contributed by atoms with E-state index in [1.54, 1.807) is 23.1 Å². The first-order valence-corrected chi connectivity index (χ1v) is 8.49. The van der Waals surface area contributed by atoms with E-state index in [0.29, 0.717) is 34.7 Å². The molecule has 2 aliphatic heterocycles. The van der Waals surface area contributed by atoms with Crippen LogP contribution in [0, 0.1) is 5.92 Å². The number of hydrogen-bond acceptors (Lipinski definition) is 3. The molecular weight excluding hydrogens is 337 g/mol. The molecule has 0 unspecified atom stereocenters. The van der Waals surface area contributed by atoms with Crippen LogP contribution in [-0.4, -0.2) is 53.8 Å². The number of piperidine rings is 1. The lowest BCUT2D eigenvalue weighted by molar-refractivity contribution is -0.123. The molecule has 0 spiro atoms. The van der Waals surface area contributed by atoms with Crippen molar-refractivity contribution in [3.05, 3.63) is 33.8 Å². The van der Waals surface area contributed by atoms with Gasteiger partial charge in [0.15, 0.2) is 0 Å². The SMILES string of the molecule is NC(=O)C1CCN(C2CN(C(=O)c3ccc(Cl)cc3Cl)C2)CC1. The van der Waals surface area contributed by atoms with Gasteiger partial charge in [0, 0.05) is 30.1 Å². The average Bonchev–Trinajstić information content (AvgIpc) is 2.46. The Morgan fingerprint density at radius 1 is 1.13 bits per heavy atom. The molecule has 23 heavy (non-hydrogen) atoms. The molecule has 2 aliphatic rings. The van der Waals surface area contributed by atoms with Crippen molar-refractivity contribution in [1.29, 1.82) is 0 Å². The van der Waals surface area contributed by atoms with Crippen LogP contribution in [0.2, 0.25) is 10.0 Å². The van der Waals surface area contributed by atoms with Crippen molar-refractivity contribution in [1.82, 2.24) is 9.80 Å². The second-order valence-electron chi connectivity index (χ2n) is 6.20. The second kappa shape index (κ2) is 6.67. The fraction of sp³-hybridized carbons (Fsp3) is 0.500. The highest BCUT2D eigenvalue weighted by atomic mass is 35.5. The lowest BCUT2D eigenvalue weighted by atomic mass is 9.93. The van der Waals surface area contributed by atoms with Crippen LogP contribution in [0.15, 0.2) is 18.2 Å². The Balaban J connectivity index is 1.53. The molecule has 0 bridgehead atoms. The highest BCUT2D eigenvalue weighted by Crippen LogP contribution is 2.27. The van der Waals surface area contributed by atoms with Crippen LogP contribution in [0.25, 0.3) is 0 Å². The quantitative estimate of drug-likeness (QED) is 0.901. The Kier molecular flexibility index (Phi) is 4.80. The number of carbonyl (C=O) groups excluding carboxylic acids is 2. The normalized spacial score (nSPS) is 20.3. The van der Waals surface area contributed by atoms with Crippen molar-refractivity contribution in [3.63, 3.8) is 0 Å². The van der Waals surface area contributed by atoms with Gasteiger partial charge in [-0.1, -0.05) is 23.2 Å². The molecule has 7 heteroatoms. The molecule has 0 aliphatic carbocycles. The van der Waals surface area contributed by atoms with Gasteiger partial charge < -0.3 is 10.6 Å². The number of amides is 2. The van der Waals surface area contributed by atoms with Gasteiger partial charge in [-0.2, -0.15) is 0 Å². The largest absolute Gasteiger partial charge is 0.369 e. The van der Waals surface area contributed by atoms with E-state index >= 15 is 0 Å². The summed E-state index contributed by atoms with van der Waals surface area (Å²) in [5.74, 6) is -0.265. The number of carbonyl (C=O) groups is 2. The first-order valence-electron chi connectivity index (χ1n) is 7.73. The molecule has 2 amide bonds. The summed E-state index contributed by atoms with van der Waals surface area (Å²) in [7, 11) is 0. The minimum absolute atomic E-state index is 0.00284. The number of rotatable bonds is 3. The van der Waals surface area contributed by atoms with Gasteiger partial charge in [0.1, 0.15) is 0 Å². The van der Waals surface area contributed by atoms with Crippen LogP contribution in [0.1, 0.15) is 23.2 Å². The third-order valence-corrected chi connectivity index (χ3v) is 5.31. The van der Waals surface area contributed by atoms with Gasteiger partial charge in [0.25, 0.3) is 5.91 Å². The summed E-state index contributed by atoms with van der Waals surface area (Å²) in [5.41, 5.74) is 5.84. The van der Waals surface area contributed by atoms with Crippen LogP contribution in [0.4, 0.5) is 0 Å². The van der Waals surface area contributed by atoms with E-state index in [0.717, 1.165) is 25.9 Å². The number of likely N-dealkylation sites (tertiary alicyclic amines) is 2. The first-order chi connectivity index (χ1) is 11.0. The molecule has 2 fully saturated rings. The Labute approximate surface area is 145 Å². The van der Waals surface area contributed by atoms with Crippen LogP contribution in [0.3, 0.4) is 0 Å². The van der Waals surface area contributed by atoms with E-state index in [1.807, 2.05) is 0 Å². The number of nitrogens with two attached hydrogens (primary N) is 1. The summed E-state index contributed by atoms with van der Waals surface area (Å²) < 4.78 is 0. The molecule has 3 rings (SSSR count). The van der Waals surface area contributed by atoms with Gasteiger partial charge in [-0.25, -0.2) is 0 Å². The summed E-state index contributed by atoms with van der Waals surface area (Å²) in [5, 5.41) is 0.901. The number of benzene rings is 1. The van der Waals surface area contributed by atoms with Crippen molar-refractivity contribution in [2.75, 3.05) is 26.2 Å². The van der Waals surface area contributed by atoms with Crippen LogP contribution >= 0.6 is 23.2 Å². The summed E-state index contributed by atoms with van der Waals surface area (Å²) in [6.07, 6.45) is 1.62. The maximum absolute atomic E-state index is 12.4. The van der Waals surface area contributed by atoms with E-state index in [2.05, 4.69) is 4.90 Å². The van der Waals surface area contributed by atoms with Gasteiger partial charge in [0.05, 0.1) is 10.6 Å². The number of nitrogens with zero attached hydrogens (tertiary/aromatic N) is 2. The molecule has 0 saturated carbocycles. The Morgan fingerprint density at radius 3 is 2.35 bits per heavy atom. The second-order valence-corrected chi connectivity index (χ2v) is 7.04. The first kappa shape index (κ1) is 16.6. The average molecular weight is 356 g/mol.